The van der Waals surface area contributed by atoms with E-state index in [0.29, 0.717) is 11.1 Å². The Balaban J connectivity index is 1.96. The predicted octanol–water partition coefficient (Wildman–Crippen LogP) is 2.21. The highest BCUT2D eigenvalue weighted by Gasteiger charge is 2.39. The average molecular weight is 420 g/mol. The van der Waals surface area contributed by atoms with Gasteiger partial charge in [0, 0.05) is 17.7 Å². The molecule has 1 atom stereocenters. The molecule has 1 aliphatic heterocycles. The highest BCUT2D eigenvalue weighted by molar-refractivity contribution is 6.14. The third-order valence-electron chi connectivity index (χ3n) is 4.86. The molecule has 156 valence electrons. The van der Waals surface area contributed by atoms with Crippen LogP contribution in [0.15, 0.2) is 59.8 Å². The van der Waals surface area contributed by atoms with Gasteiger partial charge in [0.05, 0.1) is 17.6 Å². The van der Waals surface area contributed by atoms with Crippen molar-refractivity contribution in [3.8, 4) is 0 Å². The first kappa shape index (κ1) is 19.9. The lowest BCUT2D eigenvalue weighted by atomic mass is 9.89. The number of allylic oxidation sites excluding steroid dienone is 1. The van der Waals surface area contributed by atoms with E-state index in [-0.39, 0.29) is 22.9 Å². The summed E-state index contributed by atoms with van der Waals surface area (Å²) >= 11 is 0. The second kappa shape index (κ2) is 7.78. The topological polar surface area (TPSA) is 142 Å². The molecule has 0 aliphatic carbocycles. The number of ether oxygens (including phenoxy) is 1. The van der Waals surface area contributed by atoms with Crippen LogP contribution in [-0.4, -0.2) is 44.0 Å². The van der Waals surface area contributed by atoms with Crippen molar-refractivity contribution in [2.45, 2.75) is 13.0 Å². The fraction of sp³-hybridized carbons (Fsp3) is 0.150. The summed E-state index contributed by atoms with van der Waals surface area (Å²) in [6, 6.07) is 11.6. The van der Waals surface area contributed by atoms with Crippen LogP contribution in [0.2, 0.25) is 0 Å². The number of Topliss-reactive ketones (excluding diaryl/α,β-unsaturated/α-hetero) is 1. The van der Waals surface area contributed by atoms with E-state index in [9.17, 15) is 19.7 Å². The Kier molecular flexibility index (Phi) is 4.99. The molecule has 0 amide bonds. The summed E-state index contributed by atoms with van der Waals surface area (Å²) in [4.78, 5) is 36.9. The number of carbonyl (C=O) groups is 2. The summed E-state index contributed by atoms with van der Waals surface area (Å²) in [5.41, 5.74) is 1.35. The van der Waals surface area contributed by atoms with Gasteiger partial charge in [0.2, 0.25) is 5.95 Å². The number of rotatable bonds is 5. The molecule has 2 aromatic carbocycles. The number of nitro groups is 1. The number of nitro benzene ring substituents is 1. The van der Waals surface area contributed by atoms with E-state index in [1.165, 1.54) is 30.0 Å². The zero-order chi connectivity index (χ0) is 22.1. The molecule has 0 spiro atoms. The molecule has 2 heterocycles. The van der Waals surface area contributed by atoms with Gasteiger partial charge in [-0.2, -0.15) is 4.68 Å². The molecule has 0 bridgehead atoms. The number of aromatic nitrogens is 4. The van der Waals surface area contributed by atoms with E-state index < -0.39 is 22.7 Å². The number of fused-ring (bicyclic) bond motifs is 1. The van der Waals surface area contributed by atoms with E-state index >= 15 is 0 Å². The minimum atomic E-state index is -0.992. The van der Waals surface area contributed by atoms with Gasteiger partial charge in [-0.3, -0.25) is 14.9 Å². The van der Waals surface area contributed by atoms with Crippen molar-refractivity contribution >= 4 is 23.4 Å². The summed E-state index contributed by atoms with van der Waals surface area (Å²) < 4.78 is 6.16. The number of methoxy groups -OCH3 is 1. The molecule has 0 fully saturated rings. The minimum Gasteiger partial charge on any atom is -0.464 e. The second-order valence-corrected chi connectivity index (χ2v) is 6.80. The molecule has 0 saturated heterocycles. The number of anilines is 1. The van der Waals surface area contributed by atoms with E-state index in [1.54, 1.807) is 30.3 Å². The lowest BCUT2D eigenvalue weighted by molar-refractivity contribution is -0.384. The van der Waals surface area contributed by atoms with Crippen LogP contribution in [0.25, 0.3) is 0 Å². The van der Waals surface area contributed by atoms with Crippen molar-refractivity contribution in [1.82, 2.24) is 20.2 Å². The summed E-state index contributed by atoms with van der Waals surface area (Å²) in [5, 5.41) is 25.5. The Bertz CT molecular complexity index is 1230. The minimum absolute atomic E-state index is 0.0102. The van der Waals surface area contributed by atoms with Crippen LogP contribution in [0.1, 0.15) is 27.5 Å². The SMILES string of the molecule is COC(=O)C1=C(C(=O)c2ccc(C)cc2)[C@@H](c2cccc([N+](=O)[O-])c2)n2nnnc2N1. The van der Waals surface area contributed by atoms with Gasteiger partial charge in [-0.05, 0) is 22.9 Å². The van der Waals surface area contributed by atoms with Crippen LogP contribution < -0.4 is 5.32 Å². The van der Waals surface area contributed by atoms with Crippen molar-refractivity contribution < 1.29 is 19.2 Å². The number of hydrogen-bond donors (Lipinski definition) is 1. The van der Waals surface area contributed by atoms with Gasteiger partial charge in [-0.25, -0.2) is 4.79 Å². The standard InChI is InChI=1S/C20H16N6O5/c1-11-6-8-12(9-7-11)18(27)15-16(19(28)31-2)21-20-22-23-24-25(20)17(15)13-4-3-5-14(10-13)26(29)30/h3-10,17H,1-2H3,(H,21,22,24)/t17-/m1/s1. The first-order valence-electron chi connectivity index (χ1n) is 9.13. The number of esters is 1. The molecule has 0 radical (unpaired) electrons. The van der Waals surface area contributed by atoms with Crippen LogP contribution in [0, 0.1) is 17.0 Å². The lowest BCUT2D eigenvalue weighted by Crippen LogP contribution is -2.33. The average Bonchev–Trinajstić information content (AvgIpc) is 3.25. The van der Waals surface area contributed by atoms with E-state index in [0.717, 1.165) is 5.56 Å². The van der Waals surface area contributed by atoms with Crippen LogP contribution in [0.4, 0.5) is 11.6 Å². The van der Waals surface area contributed by atoms with Gasteiger partial charge < -0.3 is 10.1 Å². The number of aryl methyl sites for hydroxylation is 1. The third-order valence-corrected chi connectivity index (χ3v) is 4.86. The maximum absolute atomic E-state index is 13.6. The molecule has 0 saturated carbocycles. The zero-order valence-corrected chi connectivity index (χ0v) is 16.5. The highest BCUT2D eigenvalue weighted by atomic mass is 16.6. The van der Waals surface area contributed by atoms with Gasteiger partial charge in [-0.1, -0.05) is 47.1 Å². The number of tetrazole rings is 1. The summed E-state index contributed by atoms with van der Waals surface area (Å²) in [6.45, 7) is 1.88. The molecule has 11 heteroatoms. The Hall–Kier alpha value is -4.41. The van der Waals surface area contributed by atoms with Crippen molar-refractivity contribution in [2.75, 3.05) is 12.4 Å². The van der Waals surface area contributed by atoms with Crippen molar-refractivity contribution in [2.24, 2.45) is 0 Å². The molecule has 31 heavy (non-hydrogen) atoms. The fourth-order valence-corrected chi connectivity index (χ4v) is 3.37. The third kappa shape index (κ3) is 3.52. The van der Waals surface area contributed by atoms with Crippen LogP contribution in [0.5, 0.6) is 0 Å². The molecule has 1 aromatic heterocycles. The summed E-state index contributed by atoms with van der Waals surface area (Å²) in [5.74, 6) is -1.16. The molecule has 1 N–H and O–H groups in total. The molecule has 3 aromatic rings. The van der Waals surface area contributed by atoms with Gasteiger partial charge in [0.25, 0.3) is 5.69 Å². The van der Waals surface area contributed by atoms with Gasteiger partial charge >= 0.3 is 5.97 Å². The van der Waals surface area contributed by atoms with Crippen molar-refractivity contribution in [3.63, 3.8) is 0 Å². The summed E-state index contributed by atoms with van der Waals surface area (Å²) in [7, 11) is 1.19. The van der Waals surface area contributed by atoms with Crippen LogP contribution in [0.3, 0.4) is 0 Å². The molecular weight excluding hydrogens is 404 g/mol. The van der Waals surface area contributed by atoms with Crippen LogP contribution >= 0.6 is 0 Å². The Morgan fingerprint density at radius 1 is 1.19 bits per heavy atom. The van der Waals surface area contributed by atoms with Crippen molar-refractivity contribution in [1.29, 1.82) is 0 Å². The molecule has 1 aliphatic rings. The molecule has 4 rings (SSSR count). The maximum Gasteiger partial charge on any atom is 0.355 e. The zero-order valence-electron chi connectivity index (χ0n) is 16.5. The second-order valence-electron chi connectivity index (χ2n) is 6.80. The first-order chi connectivity index (χ1) is 14.9. The van der Waals surface area contributed by atoms with Crippen molar-refractivity contribution in [3.05, 3.63) is 86.6 Å². The number of non-ortho nitro benzene ring substituents is 1. The predicted molar refractivity (Wildman–Crippen MR) is 107 cm³/mol. The Labute approximate surface area is 175 Å². The van der Waals surface area contributed by atoms with E-state index in [1.807, 2.05) is 6.92 Å². The summed E-state index contributed by atoms with van der Waals surface area (Å²) in [6.07, 6.45) is 0. The van der Waals surface area contributed by atoms with Gasteiger partial charge in [0.15, 0.2) is 5.78 Å². The molecule has 11 nitrogen and oxygen atoms in total. The number of benzene rings is 2. The van der Waals surface area contributed by atoms with E-state index in [4.69, 9.17) is 4.74 Å². The smallest absolute Gasteiger partial charge is 0.355 e. The molecule has 0 unspecified atom stereocenters. The van der Waals surface area contributed by atoms with Gasteiger partial charge in [-0.15, -0.1) is 0 Å². The van der Waals surface area contributed by atoms with Gasteiger partial charge in [0.1, 0.15) is 11.7 Å². The number of nitrogens with one attached hydrogen (secondary N) is 1. The first-order valence-corrected chi connectivity index (χ1v) is 9.13. The number of ketones is 1. The molecular formula is C20H16N6O5. The lowest BCUT2D eigenvalue weighted by Gasteiger charge is -2.28. The van der Waals surface area contributed by atoms with Crippen LogP contribution in [-0.2, 0) is 9.53 Å². The monoisotopic (exact) mass is 420 g/mol. The maximum atomic E-state index is 13.6. The fourth-order valence-electron chi connectivity index (χ4n) is 3.37. The largest absolute Gasteiger partial charge is 0.464 e. The quantitative estimate of drug-likeness (QED) is 0.284. The Morgan fingerprint density at radius 2 is 1.94 bits per heavy atom. The highest BCUT2D eigenvalue weighted by Crippen LogP contribution is 2.37. The van der Waals surface area contributed by atoms with E-state index in [2.05, 4.69) is 20.8 Å². The number of carbonyl (C=O) groups excluding carboxylic acids is 2. The normalized spacial score (nSPS) is 15.1. The number of nitrogens with zero attached hydrogens (tertiary/aromatic N) is 5. The number of hydrogen-bond acceptors (Lipinski definition) is 9. The Morgan fingerprint density at radius 3 is 2.61 bits per heavy atom.